The summed E-state index contributed by atoms with van der Waals surface area (Å²) in [5, 5.41) is 15.7. The van der Waals surface area contributed by atoms with Crippen molar-refractivity contribution in [3.63, 3.8) is 0 Å². The molecule has 0 aliphatic rings. The van der Waals surface area contributed by atoms with Crippen LogP contribution in [0.2, 0.25) is 18.1 Å². The molecule has 0 saturated heterocycles. The van der Waals surface area contributed by atoms with Crippen molar-refractivity contribution in [3.05, 3.63) is 69.4 Å². The van der Waals surface area contributed by atoms with E-state index in [1.165, 1.54) is 22.6 Å². The first kappa shape index (κ1) is 24.0. The van der Waals surface area contributed by atoms with E-state index in [1.807, 2.05) is 6.92 Å². The molecular weight excluding hydrogens is 418 g/mol. The predicted octanol–water partition coefficient (Wildman–Crippen LogP) is 7.12. The van der Waals surface area contributed by atoms with Gasteiger partial charge in [0.05, 0.1) is 16.5 Å². The number of aromatic nitrogens is 1. The third-order valence-electron chi connectivity index (χ3n) is 6.68. The van der Waals surface area contributed by atoms with Gasteiger partial charge in [0.2, 0.25) is 0 Å². The summed E-state index contributed by atoms with van der Waals surface area (Å²) in [5.41, 5.74) is 5.49. The number of hydrogen-bond acceptors (Lipinski definition) is 4. The maximum absolute atomic E-state index is 10.9. The van der Waals surface area contributed by atoms with Crippen molar-refractivity contribution in [3.8, 4) is 0 Å². The van der Waals surface area contributed by atoms with Crippen LogP contribution in [0.3, 0.4) is 0 Å². The van der Waals surface area contributed by atoms with Gasteiger partial charge in [-0.25, -0.2) is 0 Å². The summed E-state index contributed by atoms with van der Waals surface area (Å²) in [4.78, 5) is 14.0. The quantitative estimate of drug-likeness (QED) is 0.216. The van der Waals surface area contributed by atoms with Gasteiger partial charge in [0, 0.05) is 41.5 Å². The Morgan fingerprint density at radius 2 is 1.94 bits per heavy atom. The number of nitro benzene ring substituents is 1. The number of aryl methyl sites for hydroxylation is 1. The highest BCUT2D eigenvalue weighted by atomic mass is 28.4. The van der Waals surface area contributed by atoms with E-state index in [0.717, 1.165) is 29.7 Å². The van der Waals surface area contributed by atoms with Crippen LogP contribution >= 0.6 is 0 Å². The van der Waals surface area contributed by atoms with Gasteiger partial charge in [0.1, 0.15) is 0 Å². The SMILES string of the molecule is Cc1cc([N+](=O)[O-])ccc1NCCc1c[nH]c2c(C(C)O[Si](C)(C)C(C)(C)C)cccc12. The molecule has 0 fully saturated rings. The number of nitrogens with zero attached hydrogens (tertiary/aromatic N) is 1. The van der Waals surface area contributed by atoms with E-state index in [-0.39, 0.29) is 21.8 Å². The first-order valence-electron chi connectivity index (χ1n) is 11.2. The highest BCUT2D eigenvalue weighted by Gasteiger charge is 2.38. The van der Waals surface area contributed by atoms with E-state index in [1.54, 1.807) is 12.1 Å². The molecule has 7 heteroatoms. The van der Waals surface area contributed by atoms with Gasteiger partial charge < -0.3 is 14.7 Å². The zero-order valence-electron chi connectivity index (χ0n) is 20.2. The minimum absolute atomic E-state index is 0.0203. The summed E-state index contributed by atoms with van der Waals surface area (Å²) in [6, 6.07) is 11.3. The molecular formula is C25H35N3O3Si. The monoisotopic (exact) mass is 453 g/mol. The second-order valence-corrected chi connectivity index (χ2v) is 14.8. The number of non-ortho nitro benzene ring substituents is 1. The Morgan fingerprint density at radius 3 is 2.56 bits per heavy atom. The molecule has 0 aliphatic heterocycles. The van der Waals surface area contributed by atoms with Crippen molar-refractivity contribution in [2.45, 2.75) is 65.3 Å². The van der Waals surface area contributed by atoms with Crippen molar-refractivity contribution in [1.82, 2.24) is 4.98 Å². The van der Waals surface area contributed by atoms with Gasteiger partial charge in [0.15, 0.2) is 8.32 Å². The smallest absolute Gasteiger partial charge is 0.269 e. The lowest BCUT2D eigenvalue weighted by Gasteiger charge is -2.38. The zero-order valence-corrected chi connectivity index (χ0v) is 21.2. The van der Waals surface area contributed by atoms with Crippen LogP contribution in [0.15, 0.2) is 42.6 Å². The van der Waals surface area contributed by atoms with Gasteiger partial charge in [-0.1, -0.05) is 39.0 Å². The first-order valence-corrected chi connectivity index (χ1v) is 14.1. The number of aromatic amines is 1. The van der Waals surface area contributed by atoms with Crippen LogP contribution in [0.25, 0.3) is 10.9 Å². The van der Waals surface area contributed by atoms with Crippen molar-refractivity contribution < 1.29 is 9.35 Å². The van der Waals surface area contributed by atoms with Crippen LogP contribution in [0, 0.1) is 17.0 Å². The molecule has 2 aromatic carbocycles. The van der Waals surface area contributed by atoms with Crippen molar-refractivity contribution >= 4 is 30.6 Å². The molecule has 172 valence electrons. The summed E-state index contributed by atoms with van der Waals surface area (Å²) >= 11 is 0. The number of hydrogen-bond donors (Lipinski definition) is 2. The maximum atomic E-state index is 10.9. The number of nitro groups is 1. The Balaban J connectivity index is 1.73. The van der Waals surface area contributed by atoms with Crippen LogP contribution in [-0.4, -0.2) is 24.8 Å². The normalized spacial score (nSPS) is 13.3. The van der Waals surface area contributed by atoms with E-state index < -0.39 is 8.32 Å². The van der Waals surface area contributed by atoms with E-state index in [2.05, 4.69) is 75.5 Å². The molecule has 1 aromatic heterocycles. The molecule has 1 heterocycles. The molecule has 6 nitrogen and oxygen atoms in total. The van der Waals surface area contributed by atoms with E-state index in [0.29, 0.717) is 0 Å². The van der Waals surface area contributed by atoms with Crippen LogP contribution in [0.5, 0.6) is 0 Å². The molecule has 0 amide bonds. The molecule has 2 N–H and O–H groups in total. The Kier molecular flexibility index (Phi) is 6.81. The molecule has 32 heavy (non-hydrogen) atoms. The number of para-hydroxylation sites is 1. The molecule has 0 spiro atoms. The highest BCUT2D eigenvalue weighted by molar-refractivity contribution is 6.74. The molecule has 0 aliphatic carbocycles. The van der Waals surface area contributed by atoms with Gasteiger partial charge in [0.25, 0.3) is 5.69 Å². The summed E-state index contributed by atoms with van der Waals surface area (Å²) in [7, 11) is -1.87. The third kappa shape index (κ3) is 5.05. The second-order valence-electron chi connectivity index (χ2n) is 10.0. The molecule has 0 radical (unpaired) electrons. The Hall–Kier alpha value is -2.64. The van der Waals surface area contributed by atoms with Crippen LogP contribution < -0.4 is 5.32 Å². The van der Waals surface area contributed by atoms with Gasteiger partial charge in [-0.2, -0.15) is 0 Å². The second kappa shape index (κ2) is 9.08. The van der Waals surface area contributed by atoms with Crippen molar-refractivity contribution in [2.24, 2.45) is 0 Å². The van der Waals surface area contributed by atoms with Gasteiger partial charge >= 0.3 is 0 Å². The Bertz CT molecular complexity index is 1120. The number of fused-ring (bicyclic) bond motifs is 1. The number of H-pyrrole nitrogens is 1. The standard InChI is InChI=1S/C25H35N3O3Si/c1-17-15-20(28(29)30)11-12-23(17)26-14-13-19-16-27-24-21(9-8-10-22(19)24)18(2)31-32(6,7)25(3,4)5/h8-12,15-16,18,26-27H,13-14H2,1-7H3. The van der Waals surface area contributed by atoms with Crippen LogP contribution in [-0.2, 0) is 10.8 Å². The largest absolute Gasteiger partial charge is 0.410 e. The lowest BCUT2D eigenvalue weighted by molar-refractivity contribution is -0.384. The lowest BCUT2D eigenvalue weighted by atomic mass is 10.0. The molecule has 0 bridgehead atoms. The summed E-state index contributed by atoms with van der Waals surface area (Å²) in [6.07, 6.45) is 2.95. The fourth-order valence-corrected chi connectivity index (χ4v) is 5.12. The number of rotatable bonds is 8. The van der Waals surface area contributed by atoms with E-state index in [4.69, 9.17) is 4.43 Å². The topological polar surface area (TPSA) is 80.2 Å². The van der Waals surface area contributed by atoms with Crippen LogP contribution in [0.4, 0.5) is 11.4 Å². The predicted molar refractivity (Wildman–Crippen MR) is 135 cm³/mol. The van der Waals surface area contributed by atoms with Crippen molar-refractivity contribution in [2.75, 3.05) is 11.9 Å². The minimum atomic E-state index is -1.87. The molecule has 3 rings (SSSR count). The van der Waals surface area contributed by atoms with Gasteiger partial charge in [-0.3, -0.25) is 10.1 Å². The summed E-state index contributed by atoms with van der Waals surface area (Å²) in [6.45, 7) is 16.1. The Labute approximate surface area is 191 Å². The fraction of sp³-hybridized carbons (Fsp3) is 0.440. The number of anilines is 1. The molecule has 1 unspecified atom stereocenters. The average molecular weight is 454 g/mol. The minimum Gasteiger partial charge on any atom is -0.410 e. The van der Waals surface area contributed by atoms with Gasteiger partial charge in [-0.15, -0.1) is 0 Å². The third-order valence-corrected chi connectivity index (χ3v) is 11.2. The fourth-order valence-electron chi connectivity index (χ4n) is 3.76. The average Bonchev–Trinajstić information content (AvgIpc) is 3.11. The lowest BCUT2D eigenvalue weighted by Crippen LogP contribution is -2.41. The van der Waals surface area contributed by atoms with Crippen molar-refractivity contribution in [1.29, 1.82) is 0 Å². The zero-order chi connectivity index (χ0) is 23.7. The number of nitrogens with one attached hydrogen (secondary N) is 2. The molecule has 0 saturated carbocycles. The maximum Gasteiger partial charge on any atom is 0.269 e. The summed E-state index contributed by atoms with van der Waals surface area (Å²) < 4.78 is 6.64. The first-order chi connectivity index (χ1) is 14.9. The number of benzene rings is 2. The molecule has 3 aromatic rings. The highest BCUT2D eigenvalue weighted by Crippen LogP contribution is 2.40. The summed E-state index contributed by atoms with van der Waals surface area (Å²) in [5.74, 6) is 0. The Morgan fingerprint density at radius 1 is 1.22 bits per heavy atom. The van der Waals surface area contributed by atoms with E-state index >= 15 is 0 Å². The van der Waals surface area contributed by atoms with E-state index in [9.17, 15) is 10.1 Å². The molecule has 1 atom stereocenters. The van der Waals surface area contributed by atoms with Crippen LogP contribution in [0.1, 0.15) is 50.5 Å². The van der Waals surface area contributed by atoms with Gasteiger partial charge in [-0.05, 0) is 55.6 Å².